The van der Waals surface area contributed by atoms with Gasteiger partial charge in [-0.3, -0.25) is 4.79 Å². The highest BCUT2D eigenvalue weighted by Crippen LogP contribution is 2.43. The number of nitrogens with zero attached hydrogens (tertiary/aromatic N) is 6. The van der Waals surface area contributed by atoms with Gasteiger partial charge in [0.05, 0.1) is 17.5 Å². The zero-order valence-electron chi connectivity index (χ0n) is 26.3. The van der Waals surface area contributed by atoms with Gasteiger partial charge in [0, 0.05) is 37.8 Å². The van der Waals surface area contributed by atoms with Gasteiger partial charge in [-0.05, 0) is 98.4 Å². The normalized spacial score (nSPS) is 22.5. The molecule has 1 saturated heterocycles. The maximum Gasteiger partial charge on any atom is 0.304 e. The van der Waals surface area contributed by atoms with E-state index in [0.717, 1.165) is 64.8 Å². The van der Waals surface area contributed by atoms with Crippen molar-refractivity contribution in [2.75, 3.05) is 18.0 Å². The molecule has 4 aromatic rings. The van der Waals surface area contributed by atoms with E-state index < -0.39 is 21.4 Å². The molecule has 3 aliphatic rings. The van der Waals surface area contributed by atoms with Gasteiger partial charge in [0.25, 0.3) is 0 Å². The maximum absolute atomic E-state index is 14.2. The highest BCUT2D eigenvalue weighted by Gasteiger charge is 2.47. The molecular formula is C34H40N6O4S. The predicted molar refractivity (Wildman–Crippen MR) is 172 cm³/mol. The molecule has 7 rings (SSSR count). The van der Waals surface area contributed by atoms with Crippen molar-refractivity contribution < 1.29 is 18.3 Å². The van der Waals surface area contributed by atoms with Crippen LogP contribution in [0.3, 0.4) is 0 Å². The number of benzene rings is 2. The predicted octanol–water partition coefficient (Wildman–Crippen LogP) is 5.20. The zero-order valence-corrected chi connectivity index (χ0v) is 27.1. The average Bonchev–Trinajstić information content (AvgIpc) is 3.61. The standard InChI is InChI=1S/C34H40N6O4S/c1-22-8-11-26(34(4,18-30(41)42)27-12-13-28-31(23(27)2)36-37-40(28)19-24-9-10-24)17-25(22)20-38-21-33(3)14-6-16-39(33)32-29(45(38,43)44)7-5-15-35-32/h5,7-8,11-13,15,17,24H,6,9-10,14,16,18-21H2,1-4H3,(H,41,42)/t33-,34?/m0/s1. The largest absolute Gasteiger partial charge is 0.481 e. The molecule has 2 aromatic carbocycles. The Kier molecular flexibility index (Phi) is 7.05. The molecule has 1 unspecified atom stereocenters. The van der Waals surface area contributed by atoms with Crippen molar-refractivity contribution >= 4 is 32.8 Å². The molecule has 1 N–H and O–H groups in total. The molecule has 1 saturated carbocycles. The minimum atomic E-state index is -3.85. The molecule has 2 aromatic heterocycles. The fourth-order valence-corrected chi connectivity index (χ4v) is 9.23. The van der Waals surface area contributed by atoms with Crippen LogP contribution in [0.15, 0.2) is 53.6 Å². The molecule has 45 heavy (non-hydrogen) atoms. The minimum absolute atomic E-state index is 0.133. The number of aryl methyl sites for hydroxylation is 2. The van der Waals surface area contributed by atoms with Crippen LogP contribution in [0.1, 0.15) is 73.8 Å². The summed E-state index contributed by atoms with van der Waals surface area (Å²) in [5, 5.41) is 19.1. The van der Waals surface area contributed by atoms with Crippen molar-refractivity contribution in [3.05, 3.63) is 76.5 Å². The molecule has 2 fully saturated rings. The Hall–Kier alpha value is -3.83. The Labute approximate surface area is 264 Å². The number of sulfonamides is 1. The SMILES string of the molecule is Cc1ccc(C(C)(CC(=O)O)c2ccc3c(nnn3CC3CC3)c2C)cc1CN1C[C@]2(C)CCCN2c2ncccc2S1(=O)=O. The number of carboxylic acid groups (broad SMARTS) is 1. The van der Waals surface area contributed by atoms with E-state index in [4.69, 9.17) is 0 Å². The Balaban J connectivity index is 1.30. The Morgan fingerprint density at radius 1 is 1.16 bits per heavy atom. The Bertz CT molecular complexity index is 1940. The van der Waals surface area contributed by atoms with Crippen LogP contribution < -0.4 is 4.90 Å². The second-order valence-electron chi connectivity index (χ2n) is 13.7. The van der Waals surface area contributed by atoms with Crippen LogP contribution >= 0.6 is 0 Å². The second-order valence-corrected chi connectivity index (χ2v) is 15.6. The highest BCUT2D eigenvalue weighted by atomic mass is 32.2. The fourth-order valence-electron chi connectivity index (χ4n) is 7.56. The summed E-state index contributed by atoms with van der Waals surface area (Å²) in [5.41, 5.74) is 4.88. The number of carbonyl (C=O) groups is 1. The first-order valence-corrected chi connectivity index (χ1v) is 17.2. The lowest BCUT2D eigenvalue weighted by Crippen LogP contribution is -2.49. The van der Waals surface area contributed by atoms with E-state index in [-0.39, 0.29) is 23.4 Å². The first-order valence-electron chi connectivity index (χ1n) is 15.8. The molecule has 4 heterocycles. The highest BCUT2D eigenvalue weighted by molar-refractivity contribution is 7.89. The fraction of sp³-hybridized carbons (Fsp3) is 0.471. The Morgan fingerprint density at radius 3 is 2.71 bits per heavy atom. The first kappa shape index (κ1) is 29.9. The molecule has 236 valence electrons. The van der Waals surface area contributed by atoms with Gasteiger partial charge < -0.3 is 10.0 Å². The zero-order chi connectivity index (χ0) is 31.7. The van der Waals surface area contributed by atoms with Crippen LogP contribution in [-0.2, 0) is 33.3 Å². The van der Waals surface area contributed by atoms with Gasteiger partial charge in [-0.15, -0.1) is 5.10 Å². The molecule has 1 aliphatic carbocycles. The summed E-state index contributed by atoms with van der Waals surface area (Å²) in [6.45, 7) is 10.2. The van der Waals surface area contributed by atoms with Crippen LogP contribution in [0, 0.1) is 19.8 Å². The number of carboxylic acids is 1. The van der Waals surface area contributed by atoms with Crippen molar-refractivity contribution in [2.45, 2.75) is 88.7 Å². The van der Waals surface area contributed by atoms with Crippen LogP contribution in [0.5, 0.6) is 0 Å². The summed E-state index contributed by atoms with van der Waals surface area (Å²) >= 11 is 0. The maximum atomic E-state index is 14.2. The Morgan fingerprint density at radius 2 is 1.96 bits per heavy atom. The lowest BCUT2D eigenvalue weighted by molar-refractivity contribution is -0.138. The van der Waals surface area contributed by atoms with E-state index in [1.165, 1.54) is 12.8 Å². The van der Waals surface area contributed by atoms with Gasteiger partial charge in [0.1, 0.15) is 16.2 Å². The van der Waals surface area contributed by atoms with E-state index in [9.17, 15) is 18.3 Å². The summed E-state index contributed by atoms with van der Waals surface area (Å²) in [7, 11) is -3.85. The molecule has 0 radical (unpaired) electrons. The molecular weight excluding hydrogens is 588 g/mol. The topological polar surface area (TPSA) is 122 Å². The summed E-state index contributed by atoms with van der Waals surface area (Å²) in [4.78, 5) is 19.3. The van der Waals surface area contributed by atoms with Crippen molar-refractivity contribution in [3.63, 3.8) is 0 Å². The molecule has 0 bridgehead atoms. The number of anilines is 1. The van der Waals surface area contributed by atoms with E-state index in [1.54, 1.807) is 22.6 Å². The van der Waals surface area contributed by atoms with Gasteiger partial charge in [0.15, 0.2) is 0 Å². The number of aromatic nitrogens is 4. The third kappa shape index (κ3) is 5.00. The van der Waals surface area contributed by atoms with Gasteiger partial charge in [-0.2, -0.15) is 4.31 Å². The van der Waals surface area contributed by atoms with Crippen molar-refractivity contribution in [1.82, 2.24) is 24.3 Å². The summed E-state index contributed by atoms with van der Waals surface area (Å²) in [6, 6.07) is 13.3. The van der Waals surface area contributed by atoms with Gasteiger partial charge in [-0.25, -0.2) is 18.1 Å². The van der Waals surface area contributed by atoms with E-state index in [2.05, 4.69) is 27.1 Å². The third-order valence-corrected chi connectivity index (χ3v) is 12.2. The van der Waals surface area contributed by atoms with Crippen LogP contribution in [0.4, 0.5) is 5.82 Å². The lowest BCUT2D eigenvalue weighted by Gasteiger charge is -2.36. The average molecular weight is 629 g/mol. The summed E-state index contributed by atoms with van der Waals surface area (Å²) < 4.78 is 31.9. The van der Waals surface area contributed by atoms with Gasteiger partial charge in [0.2, 0.25) is 10.0 Å². The number of fused-ring (bicyclic) bond motifs is 4. The van der Waals surface area contributed by atoms with Gasteiger partial charge in [-0.1, -0.05) is 36.4 Å². The number of pyridine rings is 1. The van der Waals surface area contributed by atoms with E-state index in [1.807, 2.05) is 55.8 Å². The van der Waals surface area contributed by atoms with Gasteiger partial charge >= 0.3 is 5.97 Å². The van der Waals surface area contributed by atoms with Crippen LogP contribution in [-0.4, -0.2) is 62.4 Å². The van der Waals surface area contributed by atoms with Crippen molar-refractivity contribution in [3.8, 4) is 0 Å². The molecule has 11 heteroatoms. The molecule has 2 aliphatic heterocycles. The minimum Gasteiger partial charge on any atom is -0.481 e. The van der Waals surface area contributed by atoms with Crippen LogP contribution in [0.25, 0.3) is 11.0 Å². The lowest BCUT2D eigenvalue weighted by atomic mass is 9.71. The summed E-state index contributed by atoms with van der Waals surface area (Å²) in [6.07, 6.45) is 5.80. The monoisotopic (exact) mass is 628 g/mol. The van der Waals surface area contributed by atoms with Crippen molar-refractivity contribution in [2.24, 2.45) is 5.92 Å². The number of hydrogen-bond acceptors (Lipinski definition) is 7. The summed E-state index contributed by atoms with van der Waals surface area (Å²) in [5.74, 6) is 0.264. The first-order chi connectivity index (χ1) is 21.4. The van der Waals surface area contributed by atoms with Crippen LogP contribution in [0.2, 0.25) is 0 Å². The smallest absolute Gasteiger partial charge is 0.304 e. The number of rotatable bonds is 8. The number of aliphatic carboxylic acids is 1. The number of hydrogen-bond donors (Lipinski definition) is 1. The van der Waals surface area contributed by atoms with Crippen molar-refractivity contribution in [1.29, 1.82) is 0 Å². The van der Waals surface area contributed by atoms with E-state index >= 15 is 0 Å². The molecule has 0 amide bonds. The molecule has 0 spiro atoms. The molecule has 10 nitrogen and oxygen atoms in total. The molecule has 2 atom stereocenters. The third-order valence-electron chi connectivity index (χ3n) is 10.4. The second kappa shape index (κ2) is 10.6. The van der Waals surface area contributed by atoms with E-state index in [0.29, 0.717) is 18.3 Å². The quantitative estimate of drug-likeness (QED) is 0.283.